The molecule has 4 aromatic carbocycles. The molecule has 5 aromatic rings. The summed E-state index contributed by atoms with van der Waals surface area (Å²) >= 11 is 6.70. The Labute approximate surface area is 200 Å². The zero-order valence-corrected chi connectivity index (χ0v) is 20.4. The van der Waals surface area contributed by atoms with Crippen molar-refractivity contribution >= 4 is 33.4 Å². The van der Waals surface area contributed by atoms with Crippen LogP contribution < -0.4 is 0 Å². The van der Waals surface area contributed by atoms with Crippen molar-refractivity contribution in [2.75, 3.05) is 0 Å². The standard InChI is InChI=1S/C31H28ClN/c1-30(2)19-31(3,4)24-18-20(16-17-23(24)30)21-10-5-7-13-26(21)33-27-14-8-6-11-22(27)29-25(32)12-9-15-28(29)33/h5-18H,19H2,1-4H3. The molecule has 1 aliphatic carbocycles. The Balaban J connectivity index is 1.65. The van der Waals surface area contributed by atoms with Gasteiger partial charge in [0.1, 0.15) is 0 Å². The van der Waals surface area contributed by atoms with Crippen molar-refractivity contribution in [3.63, 3.8) is 0 Å². The molecule has 0 atom stereocenters. The fourth-order valence-electron chi connectivity index (χ4n) is 6.30. The van der Waals surface area contributed by atoms with Crippen molar-refractivity contribution in [3.05, 3.63) is 101 Å². The highest BCUT2D eigenvalue weighted by atomic mass is 35.5. The maximum absolute atomic E-state index is 6.70. The minimum atomic E-state index is 0.171. The van der Waals surface area contributed by atoms with Gasteiger partial charge >= 0.3 is 0 Å². The summed E-state index contributed by atoms with van der Waals surface area (Å²) in [6.45, 7) is 9.50. The van der Waals surface area contributed by atoms with Gasteiger partial charge in [0, 0.05) is 16.3 Å². The molecule has 1 heterocycles. The molecular formula is C31H28ClN. The maximum atomic E-state index is 6.70. The van der Waals surface area contributed by atoms with Crippen LogP contribution in [0.4, 0.5) is 0 Å². The van der Waals surface area contributed by atoms with Crippen LogP contribution in [0.3, 0.4) is 0 Å². The minimum Gasteiger partial charge on any atom is -0.309 e. The monoisotopic (exact) mass is 449 g/mol. The van der Waals surface area contributed by atoms with Crippen LogP contribution in [0, 0.1) is 0 Å². The normalized spacial score (nSPS) is 16.4. The first-order valence-corrected chi connectivity index (χ1v) is 12.1. The second-order valence-corrected chi connectivity index (χ2v) is 11.1. The zero-order valence-electron chi connectivity index (χ0n) is 19.6. The average Bonchev–Trinajstić information content (AvgIpc) is 3.22. The molecule has 0 spiro atoms. The van der Waals surface area contributed by atoms with Crippen LogP contribution in [0.25, 0.3) is 38.6 Å². The van der Waals surface area contributed by atoms with Crippen molar-refractivity contribution in [1.29, 1.82) is 0 Å². The van der Waals surface area contributed by atoms with Crippen molar-refractivity contribution in [1.82, 2.24) is 4.57 Å². The fraction of sp³-hybridized carbons (Fsp3) is 0.226. The molecule has 0 unspecified atom stereocenters. The number of fused-ring (bicyclic) bond motifs is 4. The van der Waals surface area contributed by atoms with Gasteiger partial charge in [-0.05, 0) is 58.2 Å². The van der Waals surface area contributed by atoms with Crippen LogP contribution in [-0.2, 0) is 10.8 Å². The van der Waals surface area contributed by atoms with E-state index in [1.807, 2.05) is 12.1 Å². The van der Waals surface area contributed by atoms with Gasteiger partial charge in [-0.25, -0.2) is 0 Å². The van der Waals surface area contributed by atoms with Gasteiger partial charge < -0.3 is 4.57 Å². The first kappa shape index (κ1) is 20.6. The number of aromatic nitrogens is 1. The predicted octanol–water partition coefficient (Wildman–Crippen LogP) is 9.06. The topological polar surface area (TPSA) is 4.93 Å². The van der Waals surface area contributed by atoms with Crippen molar-refractivity contribution in [2.45, 2.75) is 44.9 Å². The molecule has 2 heteroatoms. The van der Waals surface area contributed by atoms with Gasteiger partial charge in [-0.2, -0.15) is 0 Å². The Morgan fingerprint density at radius 1 is 0.697 bits per heavy atom. The number of hydrogen-bond acceptors (Lipinski definition) is 0. The van der Waals surface area contributed by atoms with Crippen LogP contribution in [0.2, 0.25) is 5.02 Å². The van der Waals surface area contributed by atoms with Crippen molar-refractivity contribution in [3.8, 4) is 16.8 Å². The quantitative estimate of drug-likeness (QED) is 0.253. The average molecular weight is 450 g/mol. The third kappa shape index (κ3) is 2.99. The number of rotatable bonds is 2. The third-order valence-corrected chi connectivity index (χ3v) is 7.78. The van der Waals surface area contributed by atoms with Crippen molar-refractivity contribution in [2.24, 2.45) is 0 Å². The summed E-state index contributed by atoms with van der Waals surface area (Å²) in [6, 6.07) is 30.6. The Morgan fingerprint density at radius 3 is 2.24 bits per heavy atom. The van der Waals surface area contributed by atoms with E-state index in [9.17, 15) is 0 Å². The highest BCUT2D eigenvalue weighted by Gasteiger charge is 2.41. The number of para-hydroxylation sites is 2. The smallest absolute Gasteiger partial charge is 0.0556 e. The van der Waals surface area contributed by atoms with E-state index in [1.54, 1.807) is 0 Å². The van der Waals surface area contributed by atoms with Crippen LogP contribution in [0.15, 0.2) is 84.9 Å². The first-order valence-electron chi connectivity index (χ1n) is 11.7. The predicted molar refractivity (Wildman–Crippen MR) is 142 cm³/mol. The van der Waals surface area contributed by atoms with Gasteiger partial charge in [0.25, 0.3) is 0 Å². The Hall–Kier alpha value is -3.03. The summed E-state index contributed by atoms with van der Waals surface area (Å²) in [5.74, 6) is 0. The van der Waals surface area contributed by atoms with Gasteiger partial charge in [-0.3, -0.25) is 0 Å². The van der Waals surface area contributed by atoms with Gasteiger partial charge in [-0.1, -0.05) is 100.0 Å². The Kier molecular flexibility index (Phi) is 4.35. The Bertz CT molecular complexity index is 1550. The molecule has 0 radical (unpaired) electrons. The molecule has 1 nitrogen and oxygen atoms in total. The van der Waals surface area contributed by atoms with E-state index in [0.717, 1.165) is 15.9 Å². The summed E-state index contributed by atoms with van der Waals surface area (Å²) < 4.78 is 2.37. The van der Waals surface area contributed by atoms with Crippen LogP contribution in [-0.4, -0.2) is 4.57 Å². The second kappa shape index (κ2) is 6.98. The molecule has 0 aliphatic heterocycles. The summed E-state index contributed by atoms with van der Waals surface area (Å²) in [5.41, 5.74) is 9.34. The van der Waals surface area contributed by atoms with Gasteiger partial charge in [-0.15, -0.1) is 0 Å². The van der Waals surface area contributed by atoms with Gasteiger partial charge in [0.2, 0.25) is 0 Å². The number of halogens is 1. The number of hydrogen-bond donors (Lipinski definition) is 0. The lowest BCUT2D eigenvalue weighted by molar-refractivity contribution is 0.403. The SMILES string of the molecule is CC1(C)CC(C)(C)c2cc(-c3ccccc3-n3c4ccccc4c4c(Cl)cccc43)ccc21. The van der Waals surface area contributed by atoms with E-state index < -0.39 is 0 Å². The molecule has 164 valence electrons. The van der Waals surface area contributed by atoms with E-state index in [4.69, 9.17) is 11.6 Å². The summed E-state index contributed by atoms with van der Waals surface area (Å²) in [6.07, 6.45) is 1.17. The molecule has 6 rings (SSSR count). The molecule has 0 bridgehead atoms. The summed E-state index contributed by atoms with van der Waals surface area (Å²) in [5, 5.41) is 3.09. The lowest BCUT2D eigenvalue weighted by atomic mass is 9.82. The fourth-order valence-corrected chi connectivity index (χ4v) is 6.58. The highest BCUT2D eigenvalue weighted by molar-refractivity contribution is 6.38. The number of benzene rings is 4. The Morgan fingerprint density at radius 2 is 1.39 bits per heavy atom. The summed E-state index contributed by atoms with van der Waals surface area (Å²) in [7, 11) is 0. The number of nitrogens with zero attached hydrogens (tertiary/aromatic N) is 1. The highest BCUT2D eigenvalue weighted by Crippen LogP contribution is 2.50. The molecule has 0 saturated heterocycles. The van der Waals surface area contributed by atoms with Gasteiger partial charge in [0.05, 0.1) is 21.7 Å². The molecule has 0 amide bonds. The van der Waals surface area contributed by atoms with E-state index >= 15 is 0 Å². The third-order valence-electron chi connectivity index (χ3n) is 7.46. The maximum Gasteiger partial charge on any atom is 0.0556 e. The minimum absolute atomic E-state index is 0.171. The zero-order chi connectivity index (χ0) is 23.0. The molecular weight excluding hydrogens is 422 g/mol. The molecule has 1 aliphatic rings. The van der Waals surface area contributed by atoms with Gasteiger partial charge in [0.15, 0.2) is 0 Å². The lowest BCUT2D eigenvalue weighted by Crippen LogP contribution is -2.17. The van der Waals surface area contributed by atoms with Crippen LogP contribution in [0.1, 0.15) is 45.2 Å². The first-order chi connectivity index (χ1) is 15.8. The molecule has 33 heavy (non-hydrogen) atoms. The van der Waals surface area contributed by atoms with E-state index in [0.29, 0.717) is 0 Å². The summed E-state index contributed by atoms with van der Waals surface area (Å²) in [4.78, 5) is 0. The molecule has 0 N–H and O–H groups in total. The van der Waals surface area contributed by atoms with Crippen LogP contribution in [0.5, 0.6) is 0 Å². The largest absolute Gasteiger partial charge is 0.309 e. The van der Waals surface area contributed by atoms with E-state index in [1.165, 1.54) is 45.3 Å². The van der Waals surface area contributed by atoms with E-state index in [2.05, 4.69) is 105 Å². The molecule has 0 saturated carbocycles. The van der Waals surface area contributed by atoms with Crippen molar-refractivity contribution < 1.29 is 0 Å². The molecule has 1 aromatic heterocycles. The second-order valence-electron chi connectivity index (χ2n) is 10.7. The molecule has 0 fully saturated rings. The van der Waals surface area contributed by atoms with E-state index in [-0.39, 0.29) is 10.8 Å². The van der Waals surface area contributed by atoms with Crippen LogP contribution >= 0.6 is 11.6 Å². The lowest BCUT2D eigenvalue weighted by Gasteiger charge is -2.22.